The van der Waals surface area contributed by atoms with Crippen LogP contribution < -0.4 is 0 Å². The normalized spacial score (nSPS) is 44.7. The molecule has 2 saturated heterocycles. The fourth-order valence-electron chi connectivity index (χ4n) is 0.946. The van der Waals surface area contributed by atoms with Gasteiger partial charge in [0.1, 0.15) is 12.2 Å². The zero-order chi connectivity index (χ0) is 6.97. The molecule has 0 aromatic rings. The van der Waals surface area contributed by atoms with Gasteiger partial charge in [-0.3, -0.25) is 0 Å². The van der Waals surface area contributed by atoms with Gasteiger partial charge < -0.3 is 14.2 Å². The van der Waals surface area contributed by atoms with Crippen molar-refractivity contribution in [3.8, 4) is 0 Å². The van der Waals surface area contributed by atoms with Gasteiger partial charge in [-0.1, -0.05) is 0 Å². The third-order valence-corrected chi connectivity index (χ3v) is 1.95. The van der Waals surface area contributed by atoms with Gasteiger partial charge in [0.25, 0.3) is 0 Å². The highest BCUT2D eigenvalue weighted by Gasteiger charge is 2.31. The van der Waals surface area contributed by atoms with Crippen molar-refractivity contribution in [3.63, 3.8) is 0 Å². The molecule has 0 aromatic carbocycles. The molecular weight excluding hydrogens is 132 g/mol. The predicted molar refractivity (Wildman–Crippen MR) is 34.9 cm³/mol. The Bertz CT molecular complexity index is 122. The van der Waals surface area contributed by atoms with Crippen LogP contribution in [0.1, 0.15) is 6.92 Å². The van der Waals surface area contributed by atoms with Gasteiger partial charge in [0, 0.05) is 0 Å². The van der Waals surface area contributed by atoms with E-state index in [0.717, 1.165) is 19.8 Å². The minimum absolute atomic E-state index is 0.291. The van der Waals surface area contributed by atoms with Crippen molar-refractivity contribution in [2.75, 3.05) is 19.8 Å². The van der Waals surface area contributed by atoms with Crippen molar-refractivity contribution in [1.82, 2.24) is 0 Å². The summed E-state index contributed by atoms with van der Waals surface area (Å²) in [5.74, 6) is 0. The van der Waals surface area contributed by atoms with E-state index in [-0.39, 0.29) is 0 Å². The van der Waals surface area contributed by atoms with Gasteiger partial charge in [-0.05, 0) is 6.92 Å². The van der Waals surface area contributed by atoms with Crippen molar-refractivity contribution in [1.29, 1.82) is 0 Å². The topological polar surface area (TPSA) is 31.0 Å². The van der Waals surface area contributed by atoms with Crippen LogP contribution in [0.25, 0.3) is 0 Å². The maximum absolute atomic E-state index is 5.46. The molecule has 3 unspecified atom stereocenters. The highest BCUT2D eigenvalue weighted by Crippen LogP contribution is 2.18. The number of ether oxygens (including phenoxy) is 3. The van der Waals surface area contributed by atoms with Crippen LogP contribution in [0.3, 0.4) is 0 Å². The van der Waals surface area contributed by atoms with Crippen molar-refractivity contribution in [2.24, 2.45) is 0 Å². The Morgan fingerprint density at radius 1 is 1.40 bits per heavy atom. The van der Waals surface area contributed by atoms with Gasteiger partial charge in [-0.2, -0.15) is 0 Å². The lowest BCUT2D eigenvalue weighted by Crippen LogP contribution is -2.45. The van der Waals surface area contributed by atoms with Gasteiger partial charge in [-0.25, -0.2) is 0 Å². The number of hydrogen-bond donors (Lipinski definition) is 0. The summed E-state index contributed by atoms with van der Waals surface area (Å²) in [4.78, 5) is 0. The summed E-state index contributed by atoms with van der Waals surface area (Å²) in [5.41, 5.74) is 0. The van der Waals surface area contributed by atoms with E-state index in [1.165, 1.54) is 0 Å². The zero-order valence-electron chi connectivity index (χ0n) is 6.08. The fraction of sp³-hybridized carbons (Fsp3) is 1.00. The standard InChI is InChI=1S/C7H12O3/c1-5-7(4-8-5)10-3-6-2-9-6/h5-7H,2-4H2,1H3. The lowest BCUT2D eigenvalue weighted by atomic mass is 10.2. The van der Waals surface area contributed by atoms with Crippen LogP contribution in [0.2, 0.25) is 0 Å². The van der Waals surface area contributed by atoms with E-state index in [2.05, 4.69) is 0 Å². The Balaban J connectivity index is 1.60. The molecule has 0 saturated carbocycles. The van der Waals surface area contributed by atoms with E-state index in [9.17, 15) is 0 Å². The van der Waals surface area contributed by atoms with Crippen molar-refractivity contribution in [2.45, 2.75) is 25.2 Å². The van der Waals surface area contributed by atoms with Crippen molar-refractivity contribution in [3.05, 3.63) is 0 Å². The molecule has 0 aliphatic carbocycles. The molecule has 0 amide bonds. The third-order valence-electron chi connectivity index (χ3n) is 1.95. The summed E-state index contributed by atoms with van der Waals surface area (Å²) >= 11 is 0. The molecule has 58 valence electrons. The van der Waals surface area contributed by atoms with Crippen LogP contribution in [0.15, 0.2) is 0 Å². The molecule has 3 nitrogen and oxygen atoms in total. The zero-order valence-corrected chi connectivity index (χ0v) is 6.08. The number of rotatable bonds is 3. The van der Waals surface area contributed by atoms with E-state index < -0.39 is 0 Å². The monoisotopic (exact) mass is 144 g/mol. The third kappa shape index (κ3) is 1.31. The first kappa shape index (κ1) is 6.58. The van der Waals surface area contributed by atoms with Crippen LogP contribution in [-0.4, -0.2) is 38.1 Å². The van der Waals surface area contributed by atoms with Gasteiger partial charge in [0.15, 0.2) is 0 Å². The Labute approximate surface area is 60.3 Å². The summed E-state index contributed by atoms with van der Waals surface area (Å²) in [6.07, 6.45) is 0.996. The van der Waals surface area contributed by atoms with Crippen LogP contribution in [0.4, 0.5) is 0 Å². The van der Waals surface area contributed by atoms with Gasteiger partial charge >= 0.3 is 0 Å². The quantitative estimate of drug-likeness (QED) is 0.530. The molecule has 2 heterocycles. The Morgan fingerprint density at radius 2 is 2.20 bits per heavy atom. The molecule has 3 heteroatoms. The maximum atomic E-state index is 5.46. The van der Waals surface area contributed by atoms with Crippen LogP contribution in [0.5, 0.6) is 0 Å². The van der Waals surface area contributed by atoms with Crippen molar-refractivity contribution < 1.29 is 14.2 Å². The maximum Gasteiger partial charge on any atom is 0.107 e. The number of epoxide rings is 1. The second-order valence-corrected chi connectivity index (χ2v) is 2.87. The highest BCUT2D eigenvalue weighted by molar-refractivity contribution is 4.77. The molecule has 2 aliphatic rings. The summed E-state index contributed by atoms with van der Waals surface area (Å²) in [6, 6.07) is 0. The summed E-state index contributed by atoms with van der Waals surface area (Å²) in [5, 5.41) is 0. The fourth-order valence-corrected chi connectivity index (χ4v) is 0.946. The molecule has 10 heavy (non-hydrogen) atoms. The van der Waals surface area contributed by atoms with Crippen LogP contribution in [-0.2, 0) is 14.2 Å². The van der Waals surface area contributed by atoms with E-state index in [1.54, 1.807) is 0 Å². The summed E-state index contributed by atoms with van der Waals surface area (Å²) in [7, 11) is 0. The molecule has 0 radical (unpaired) electrons. The highest BCUT2D eigenvalue weighted by atomic mass is 16.6. The SMILES string of the molecule is CC1OCC1OCC1CO1. The minimum atomic E-state index is 0.291. The average molecular weight is 144 g/mol. The van der Waals surface area contributed by atoms with Gasteiger partial charge in [0.05, 0.1) is 25.9 Å². The van der Waals surface area contributed by atoms with Crippen LogP contribution >= 0.6 is 0 Å². The molecule has 0 bridgehead atoms. The molecule has 2 fully saturated rings. The predicted octanol–water partition coefficient (Wildman–Crippen LogP) is 0.189. The van der Waals surface area contributed by atoms with E-state index in [0.29, 0.717) is 18.3 Å². The van der Waals surface area contributed by atoms with E-state index >= 15 is 0 Å². The molecular formula is C7H12O3. The number of hydrogen-bond acceptors (Lipinski definition) is 3. The Kier molecular flexibility index (Phi) is 1.64. The molecule has 2 rings (SSSR count). The van der Waals surface area contributed by atoms with Crippen LogP contribution in [0, 0.1) is 0 Å². The molecule has 0 aromatic heterocycles. The molecule has 0 spiro atoms. The molecule has 0 N–H and O–H groups in total. The largest absolute Gasteiger partial charge is 0.373 e. The van der Waals surface area contributed by atoms with E-state index in [4.69, 9.17) is 14.2 Å². The van der Waals surface area contributed by atoms with Gasteiger partial charge in [-0.15, -0.1) is 0 Å². The first-order valence-electron chi connectivity index (χ1n) is 3.71. The Morgan fingerprint density at radius 3 is 2.60 bits per heavy atom. The molecule has 3 atom stereocenters. The lowest BCUT2D eigenvalue weighted by Gasteiger charge is -2.33. The molecule has 2 aliphatic heterocycles. The summed E-state index contributed by atoms with van der Waals surface area (Å²) < 4.78 is 15.6. The smallest absolute Gasteiger partial charge is 0.107 e. The first-order chi connectivity index (χ1) is 4.86. The lowest BCUT2D eigenvalue weighted by molar-refractivity contribution is -0.180. The second kappa shape index (κ2) is 2.49. The average Bonchev–Trinajstić information content (AvgIpc) is 2.69. The van der Waals surface area contributed by atoms with Gasteiger partial charge in [0.2, 0.25) is 0 Å². The summed E-state index contributed by atoms with van der Waals surface area (Å²) in [6.45, 7) is 4.41. The second-order valence-electron chi connectivity index (χ2n) is 2.87. The Hall–Kier alpha value is -0.120. The minimum Gasteiger partial charge on any atom is -0.373 e. The first-order valence-corrected chi connectivity index (χ1v) is 3.71. The van der Waals surface area contributed by atoms with E-state index in [1.807, 2.05) is 6.92 Å². The van der Waals surface area contributed by atoms with Crippen molar-refractivity contribution >= 4 is 0 Å².